The summed E-state index contributed by atoms with van der Waals surface area (Å²) in [6, 6.07) is 4.24. The van der Waals surface area contributed by atoms with E-state index in [-0.39, 0.29) is 22.3 Å². The summed E-state index contributed by atoms with van der Waals surface area (Å²) < 4.78 is 45.2. The number of carbonyl (C=O) groups excluding carboxylic acids is 1. The van der Waals surface area contributed by atoms with Gasteiger partial charge in [0.05, 0.1) is 12.7 Å². The molecular formula is C15H15ClF3N3O3. The molecule has 1 aromatic carbocycles. The maximum Gasteiger partial charge on any atom is 0.416 e. The normalized spacial score (nSPS) is 11.5. The number of amides is 1. The molecule has 0 spiro atoms. The number of hydrogen-bond donors (Lipinski definition) is 0. The number of hydrogen-bond acceptors (Lipinski definition) is 4. The summed E-state index contributed by atoms with van der Waals surface area (Å²) >= 11 is 6.01. The molecule has 2 aromatic rings. The fraction of sp³-hybridized carbons (Fsp3) is 0.333. The largest absolute Gasteiger partial charge is 0.452 e. The molecule has 0 bridgehead atoms. The molecule has 0 unspecified atom stereocenters. The second kappa shape index (κ2) is 7.32. The number of benzene rings is 1. The summed E-state index contributed by atoms with van der Waals surface area (Å²) in [5, 5.41) is 4.75. The van der Waals surface area contributed by atoms with Crippen molar-refractivity contribution >= 4 is 17.5 Å². The smallest absolute Gasteiger partial charge is 0.416 e. The first-order valence-electron chi connectivity index (χ1n) is 7.12. The summed E-state index contributed by atoms with van der Waals surface area (Å²) in [5.74, 6) is -0.871. The van der Waals surface area contributed by atoms with Gasteiger partial charge < -0.3 is 4.74 Å². The minimum atomic E-state index is -4.52. The number of alkyl halides is 3. The van der Waals surface area contributed by atoms with Gasteiger partial charge in [0, 0.05) is 13.6 Å². The van der Waals surface area contributed by atoms with Crippen molar-refractivity contribution in [2.75, 3.05) is 14.2 Å². The molecule has 10 heteroatoms. The van der Waals surface area contributed by atoms with Gasteiger partial charge in [0.2, 0.25) is 0 Å². The highest BCUT2D eigenvalue weighted by Gasteiger charge is 2.31. The van der Waals surface area contributed by atoms with Crippen LogP contribution in [0.1, 0.15) is 23.0 Å². The van der Waals surface area contributed by atoms with Gasteiger partial charge in [-0.3, -0.25) is 14.3 Å². The average Bonchev–Trinajstić information content (AvgIpc) is 2.88. The van der Waals surface area contributed by atoms with E-state index in [4.69, 9.17) is 21.2 Å². The first-order valence-corrected chi connectivity index (χ1v) is 7.50. The van der Waals surface area contributed by atoms with E-state index in [1.807, 2.05) is 0 Å². The number of nitrogens with zero attached hydrogens (tertiary/aromatic N) is 3. The van der Waals surface area contributed by atoms with Gasteiger partial charge in [-0.15, -0.1) is 0 Å². The summed E-state index contributed by atoms with van der Waals surface area (Å²) in [5.41, 5.74) is -0.917. The topological polar surface area (TPSA) is 56.6 Å². The molecule has 1 aromatic heterocycles. The van der Waals surface area contributed by atoms with Gasteiger partial charge in [0.1, 0.15) is 5.75 Å². The molecule has 1 amide bonds. The zero-order valence-electron chi connectivity index (χ0n) is 13.6. The van der Waals surface area contributed by atoms with Gasteiger partial charge in [0.25, 0.3) is 5.91 Å². The standard InChI is InChI=1S/C15H15ClF3N3O3/c1-4-22-11(14(23)21(2)24-3)12(13(16)20-22)25-10-7-5-6-9(8-10)15(17,18)19/h5-8H,4H2,1-3H3. The number of ether oxygens (including phenoxy) is 1. The second-order valence-corrected chi connectivity index (χ2v) is 5.26. The molecule has 136 valence electrons. The van der Waals surface area contributed by atoms with E-state index < -0.39 is 17.6 Å². The predicted octanol–water partition coefficient (Wildman–Crippen LogP) is 4.00. The molecule has 0 aliphatic rings. The first kappa shape index (κ1) is 19.1. The highest BCUT2D eigenvalue weighted by Crippen LogP contribution is 2.36. The summed E-state index contributed by atoms with van der Waals surface area (Å²) in [6.07, 6.45) is -4.52. The zero-order chi connectivity index (χ0) is 18.8. The van der Waals surface area contributed by atoms with Crippen molar-refractivity contribution in [3.05, 3.63) is 40.7 Å². The van der Waals surface area contributed by atoms with Crippen LogP contribution in [0.25, 0.3) is 0 Å². The molecule has 2 rings (SSSR count). The van der Waals surface area contributed by atoms with Crippen molar-refractivity contribution in [3.8, 4) is 11.5 Å². The van der Waals surface area contributed by atoms with Gasteiger partial charge in [-0.1, -0.05) is 17.7 Å². The molecule has 0 atom stereocenters. The van der Waals surface area contributed by atoms with E-state index in [9.17, 15) is 18.0 Å². The molecular weight excluding hydrogens is 363 g/mol. The van der Waals surface area contributed by atoms with E-state index in [2.05, 4.69) is 5.10 Å². The maximum absolute atomic E-state index is 12.8. The Kier molecular flexibility index (Phi) is 5.58. The van der Waals surface area contributed by atoms with Crippen molar-refractivity contribution in [1.82, 2.24) is 14.8 Å². The van der Waals surface area contributed by atoms with Crippen LogP contribution in [0, 0.1) is 0 Å². The zero-order valence-corrected chi connectivity index (χ0v) is 14.4. The van der Waals surface area contributed by atoms with Crippen molar-refractivity contribution in [1.29, 1.82) is 0 Å². The monoisotopic (exact) mass is 377 g/mol. The Balaban J connectivity index is 2.47. The molecule has 0 aliphatic heterocycles. The number of hydroxylamine groups is 2. The molecule has 0 saturated carbocycles. The third-order valence-corrected chi connectivity index (χ3v) is 3.56. The third-order valence-electron chi connectivity index (χ3n) is 3.31. The highest BCUT2D eigenvalue weighted by atomic mass is 35.5. The Hall–Kier alpha value is -2.26. The van der Waals surface area contributed by atoms with Crippen LogP contribution < -0.4 is 4.74 Å². The van der Waals surface area contributed by atoms with E-state index in [0.717, 1.165) is 17.2 Å². The summed E-state index contributed by atoms with van der Waals surface area (Å²) in [4.78, 5) is 17.3. The lowest BCUT2D eigenvalue weighted by Crippen LogP contribution is -2.28. The lowest BCUT2D eigenvalue weighted by atomic mass is 10.2. The van der Waals surface area contributed by atoms with Crippen LogP contribution in [-0.2, 0) is 17.6 Å². The van der Waals surface area contributed by atoms with E-state index >= 15 is 0 Å². The Morgan fingerprint density at radius 2 is 2.08 bits per heavy atom. The molecule has 0 saturated heterocycles. The summed E-state index contributed by atoms with van der Waals surface area (Å²) in [7, 11) is 2.66. The number of rotatable bonds is 5. The molecule has 0 N–H and O–H groups in total. The van der Waals surface area contributed by atoms with Gasteiger partial charge in [-0.2, -0.15) is 18.3 Å². The lowest BCUT2D eigenvalue weighted by Gasteiger charge is -2.16. The molecule has 0 aliphatic carbocycles. The van der Waals surface area contributed by atoms with Crippen LogP contribution in [0.15, 0.2) is 24.3 Å². The molecule has 25 heavy (non-hydrogen) atoms. The molecule has 6 nitrogen and oxygen atoms in total. The van der Waals surface area contributed by atoms with Crippen molar-refractivity contribution < 1.29 is 27.5 Å². The number of halogens is 4. The number of carbonyl (C=O) groups is 1. The van der Waals surface area contributed by atoms with Crippen LogP contribution in [0.3, 0.4) is 0 Å². The fourth-order valence-corrected chi connectivity index (χ4v) is 2.25. The number of aryl methyl sites for hydroxylation is 1. The Labute approximate surface area is 146 Å². The van der Waals surface area contributed by atoms with Gasteiger partial charge in [-0.05, 0) is 25.1 Å². The highest BCUT2D eigenvalue weighted by molar-refractivity contribution is 6.31. The number of aromatic nitrogens is 2. The second-order valence-electron chi connectivity index (χ2n) is 4.90. The van der Waals surface area contributed by atoms with Crippen molar-refractivity contribution in [2.24, 2.45) is 0 Å². The lowest BCUT2D eigenvalue weighted by molar-refractivity contribution is -0.137. The first-order chi connectivity index (χ1) is 11.7. The third kappa shape index (κ3) is 4.05. The van der Waals surface area contributed by atoms with Crippen LogP contribution in [0.2, 0.25) is 5.15 Å². The average molecular weight is 378 g/mol. The van der Waals surface area contributed by atoms with Crippen molar-refractivity contribution in [3.63, 3.8) is 0 Å². The summed E-state index contributed by atoms with van der Waals surface area (Å²) in [6.45, 7) is 2.02. The molecule has 0 radical (unpaired) electrons. The minimum absolute atomic E-state index is 0.0331. The van der Waals surface area contributed by atoms with Gasteiger partial charge in [0.15, 0.2) is 16.6 Å². The van der Waals surface area contributed by atoms with E-state index in [1.54, 1.807) is 6.92 Å². The van der Waals surface area contributed by atoms with Gasteiger partial charge in [-0.25, -0.2) is 5.06 Å². The predicted molar refractivity (Wildman–Crippen MR) is 83.5 cm³/mol. The van der Waals surface area contributed by atoms with Crippen LogP contribution >= 0.6 is 11.6 Å². The fourth-order valence-electron chi connectivity index (χ4n) is 2.03. The van der Waals surface area contributed by atoms with Crippen LogP contribution in [0.4, 0.5) is 13.2 Å². The minimum Gasteiger partial charge on any atom is -0.452 e. The Bertz CT molecular complexity index is 777. The molecule has 0 fully saturated rings. The quantitative estimate of drug-likeness (QED) is 0.739. The van der Waals surface area contributed by atoms with E-state index in [0.29, 0.717) is 6.54 Å². The maximum atomic E-state index is 12.8. The van der Waals surface area contributed by atoms with E-state index in [1.165, 1.54) is 31.0 Å². The van der Waals surface area contributed by atoms with Crippen LogP contribution in [-0.4, -0.2) is 34.9 Å². The SMILES string of the molecule is CCn1nc(Cl)c(Oc2cccc(C(F)(F)F)c2)c1C(=O)N(C)OC. The Morgan fingerprint density at radius 1 is 1.40 bits per heavy atom. The van der Waals surface area contributed by atoms with Gasteiger partial charge >= 0.3 is 6.18 Å². The van der Waals surface area contributed by atoms with Crippen molar-refractivity contribution in [2.45, 2.75) is 19.6 Å². The Morgan fingerprint density at radius 3 is 2.64 bits per heavy atom. The van der Waals surface area contributed by atoms with Crippen LogP contribution in [0.5, 0.6) is 11.5 Å². The molecule has 1 heterocycles.